The molecule has 0 amide bonds. The molecule has 0 heterocycles. The number of hydrogen-bond acceptors (Lipinski definition) is 1. The lowest BCUT2D eigenvalue weighted by atomic mass is 9.77. The van der Waals surface area contributed by atoms with Crippen LogP contribution >= 0.6 is 0 Å². The van der Waals surface area contributed by atoms with Gasteiger partial charge >= 0.3 is 6.11 Å². The van der Waals surface area contributed by atoms with Gasteiger partial charge in [0.25, 0.3) is 5.92 Å². The zero-order valence-corrected chi connectivity index (χ0v) is 17.1. The molecule has 170 valence electrons. The van der Waals surface area contributed by atoms with Gasteiger partial charge in [-0.3, -0.25) is 0 Å². The van der Waals surface area contributed by atoms with Crippen molar-refractivity contribution in [1.29, 1.82) is 0 Å². The Morgan fingerprint density at radius 2 is 1.57 bits per heavy atom. The minimum Gasteiger partial charge on any atom is -0.313 e. The van der Waals surface area contributed by atoms with E-state index >= 15 is 0 Å². The molecule has 0 aliphatic heterocycles. The summed E-state index contributed by atoms with van der Waals surface area (Å²) in [4.78, 5) is 0. The molecule has 0 aromatic heterocycles. The van der Waals surface area contributed by atoms with E-state index in [9.17, 15) is 30.7 Å². The molecule has 0 bridgehead atoms. The Kier molecular flexibility index (Phi) is 6.48. The van der Waals surface area contributed by atoms with Crippen LogP contribution < -0.4 is 0 Å². The summed E-state index contributed by atoms with van der Waals surface area (Å²) in [7, 11) is 0. The third-order valence-electron chi connectivity index (χ3n) is 6.54. The lowest BCUT2D eigenvalue weighted by molar-refractivity contribution is -0.276. The number of alkyl halides is 5. The topological polar surface area (TPSA) is 9.23 Å². The second-order valence-electron chi connectivity index (χ2n) is 8.93. The Bertz CT molecular complexity index is 715. The van der Waals surface area contributed by atoms with Crippen LogP contribution in [0.1, 0.15) is 82.3 Å². The largest absolute Gasteiger partial charge is 0.389 e. The zero-order chi connectivity index (χ0) is 22.3. The van der Waals surface area contributed by atoms with Crippen molar-refractivity contribution >= 4 is 0 Å². The summed E-state index contributed by atoms with van der Waals surface area (Å²) < 4.78 is 103. The van der Waals surface area contributed by atoms with Gasteiger partial charge in [0.1, 0.15) is 17.2 Å². The maximum atomic E-state index is 14.5. The fourth-order valence-corrected chi connectivity index (χ4v) is 4.80. The van der Waals surface area contributed by atoms with Gasteiger partial charge in [-0.1, -0.05) is 19.8 Å². The molecule has 2 unspecified atom stereocenters. The number of ether oxygens (including phenoxy) is 1. The number of hydrogen-bond donors (Lipinski definition) is 0. The van der Waals surface area contributed by atoms with Crippen molar-refractivity contribution in [3.8, 4) is 0 Å². The Morgan fingerprint density at radius 1 is 1.00 bits per heavy atom. The van der Waals surface area contributed by atoms with Gasteiger partial charge in [0.2, 0.25) is 0 Å². The van der Waals surface area contributed by atoms with Gasteiger partial charge in [-0.15, -0.1) is 0 Å². The zero-order valence-electron chi connectivity index (χ0n) is 17.1. The van der Waals surface area contributed by atoms with Crippen LogP contribution in [0.3, 0.4) is 0 Å². The second-order valence-corrected chi connectivity index (χ2v) is 8.93. The van der Waals surface area contributed by atoms with Crippen LogP contribution in [0.2, 0.25) is 0 Å². The van der Waals surface area contributed by atoms with Gasteiger partial charge in [-0.2, -0.15) is 8.78 Å². The molecule has 1 nitrogen and oxygen atoms in total. The van der Waals surface area contributed by atoms with Crippen LogP contribution in [0.5, 0.6) is 0 Å². The monoisotopic (exact) mass is 440 g/mol. The SMILES string of the molecule is CCC[C@H]1CC[C@H](c2cc(F)c(C(F)(F)OC3CC(C)(F)C(F)(F)C3)c(F)c2)CC1. The molecule has 0 radical (unpaired) electrons. The van der Waals surface area contributed by atoms with E-state index in [0.29, 0.717) is 18.4 Å². The molecular weight excluding hydrogens is 413 g/mol. The Hall–Kier alpha value is -1.31. The van der Waals surface area contributed by atoms with Gasteiger partial charge in [0.15, 0.2) is 5.67 Å². The van der Waals surface area contributed by atoms with Crippen molar-refractivity contribution in [1.82, 2.24) is 0 Å². The lowest BCUT2D eigenvalue weighted by Crippen LogP contribution is -2.35. The van der Waals surface area contributed by atoms with Crippen molar-refractivity contribution in [3.05, 3.63) is 34.9 Å². The van der Waals surface area contributed by atoms with Crippen molar-refractivity contribution in [2.45, 2.75) is 94.9 Å². The summed E-state index contributed by atoms with van der Waals surface area (Å²) in [6, 6.07) is 1.76. The van der Waals surface area contributed by atoms with Crippen LogP contribution in [0.4, 0.5) is 30.7 Å². The second kappa shape index (κ2) is 8.32. The molecule has 1 aromatic carbocycles. The summed E-state index contributed by atoms with van der Waals surface area (Å²) in [5, 5.41) is 0. The van der Waals surface area contributed by atoms with Gasteiger partial charge in [0.05, 0.1) is 6.10 Å². The molecule has 2 fully saturated rings. The van der Waals surface area contributed by atoms with Crippen LogP contribution in [-0.2, 0) is 10.8 Å². The summed E-state index contributed by atoms with van der Waals surface area (Å²) in [6.45, 7) is 2.69. The highest BCUT2D eigenvalue weighted by molar-refractivity contribution is 5.31. The average Bonchev–Trinajstić information content (AvgIpc) is 2.80. The van der Waals surface area contributed by atoms with E-state index in [-0.39, 0.29) is 5.92 Å². The normalized spacial score (nSPS) is 31.8. The Labute approximate surface area is 172 Å². The van der Waals surface area contributed by atoms with Crippen LogP contribution in [0.25, 0.3) is 0 Å². The molecule has 30 heavy (non-hydrogen) atoms. The predicted octanol–water partition coefficient (Wildman–Crippen LogP) is 7.63. The van der Waals surface area contributed by atoms with Crippen molar-refractivity contribution < 1.29 is 35.5 Å². The van der Waals surface area contributed by atoms with Crippen LogP contribution in [0, 0.1) is 17.6 Å². The number of halogens is 7. The van der Waals surface area contributed by atoms with E-state index in [1.54, 1.807) is 0 Å². The average molecular weight is 440 g/mol. The molecule has 8 heteroatoms. The van der Waals surface area contributed by atoms with Crippen molar-refractivity contribution in [3.63, 3.8) is 0 Å². The maximum absolute atomic E-state index is 14.5. The Balaban J connectivity index is 1.75. The molecule has 0 N–H and O–H groups in total. The molecule has 3 rings (SSSR count). The number of benzene rings is 1. The first-order valence-electron chi connectivity index (χ1n) is 10.5. The predicted molar refractivity (Wildman–Crippen MR) is 98.4 cm³/mol. The third-order valence-corrected chi connectivity index (χ3v) is 6.54. The Morgan fingerprint density at radius 3 is 2.03 bits per heavy atom. The summed E-state index contributed by atoms with van der Waals surface area (Å²) >= 11 is 0. The minimum absolute atomic E-state index is 0.119. The summed E-state index contributed by atoms with van der Waals surface area (Å²) in [5.41, 5.74) is -4.34. The van der Waals surface area contributed by atoms with E-state index in [1.165, 1.54) is 0 Å². The molecule has 1 aromatic rings. The fraction of sp³-hybridized carbons (Fsp3) is 0.727. The van der Waals surface area contributed by atoms with Crippen molar-refractivity contribution in [2.24, 2.45) is 5.92 Å². The van der Waals surface area contributed by atoms with Gasteiger partial charge in [-0.25, -0.2) is 22.0 Å². The van der Waals surface area contributed by atoms with Gasteiger partial charge < -0.3 is 4.74 Å². The highest BCUT2D eigenvalue weighted by Crippen LogP contribution is 2.50. The molecule has 0 spiro atoms. The molecule has 0 saturated heterocycles. The van der Waals surface area contributed by atoms with Crippen molar-refractivity contribution in [2.75, 3.05) is 0 Å². The van der Waals surface area contributed by atoms with E-state index in [2.05, 4.69) is 11.7 Å². The van der Waals surface area contributed by atoms with Crippen LogP contribution in [0.15, 0.2) is 12.1 Å². The third kappa shape index (κ3) is 4.63. The number of rotatable bonds is 6. The molecule has 2 saturated carbocycles. The fourth-order valence-electron chi connectivity index (χ4n) is 4.80. The highest BCUT2D eigenvalue weighted by Gasteiger charge is 2.61. The van der Waals surface area contributed by atoms with E-state index in [4.69, 9.17) is 0 Å². The van der Waals surface area contributed by atoms with Gasteiger partial charge in [0, 0.05) is 12.8 Å². The first-order valence-corrected chi connectivity index (χ1v) is 10.5. The summed E-state index contributed by atoms with van der Waals surface area (Å²) in [5.74, 6) is -6.38. The van der Waals surface area contributed by atoms with E-state index in [0.717, 1.165) is 50.7 Å². The first kappa shape index (κ1) is 23.4. The standard InChI is InChI=1S/C22H27F7O/c1-3-4-13-5-7-14(8-6-13)15-9-17(23)19(18(24)10-15)22(28,29)30-16-11-20(2,25)21(26,27)12-16/h9-10,13-14,16H,3-8,11-12H2,1-2H3/t13-,14-,16?,20?. The molecular formula is C22H27F7O. The van der Waals surface area contributed by atoms with E-state index < -0.39 is 53.8 Å². The summed E-state index contributed by atoms with van der Waals surface area (Å²) in [6.07, 6.45) is -3.18. The smallest absolute Gasteiger partial charge is 0.313 e. The molecule has 2 atom stereocenters. The highest BCUT2D eigenvalue weighted by atomic mass is 19.3. The molecule has 2 aliphatic rings. The van der Waals surface area contributed by atoms with Gasteiger partial charge in [-0.05, 0) is 62.1 Å². The minimum atomic E-state index is -4.49. The maximum Gasteiger partial charge on any atom is 0.389 e. The quantitative estimate of drug-likeness (QED) is 0.413. The molecule has 2 aliphatic carbocycles. The lowest BCUT2D eigenvalue weighted by Gasteiger charge is -2.29. The first-order chi connectivity index (χ1) is 13.9. The van der Waals surface area contributed by atoms with E-state index in [1.807, 2.05) is 0 Å². The van der Waals surface area contributed by atoms with Crippen LogP contribution in [-0.4, -0.2) is 17.7 Å².